The molecule has 0 N–H and O–H groups in total. The SMILES string of the molecule is CN1CCC[C@H]1c1ccc(Oc2ccccc2)nc1. The Bertz CT molecular complexity index is 524. The van der Waals surface area contributed by atoms with Crippen LogP contribution in [0.25, 0.3) is 0 Å². The standard InChI is InChI=1S/C16H18N2O/c1-18-11-5-8-15(18)13-9-10-16(17-12-13)19-14-6-3-2-4-7-14/h2-4,6-7,9-10,12,15H,5,8,11H2,1H3/t15-/m0/s1. The highest BCUT2D eigenvalue weighted by Crippen LogP contribution is 2.30. The molecule has 2 aromatic rings. The van der Waals surface area contributed by atoms with Gasteiger partial charge in [-0.25, -0.2) is 4.98 Å². The van der Waals surface area contributed by atoms with Crippen molar-refractivity contribution in [1.29, 1.82) is 0 Å². The van der Waals surface area contributed by atoms with Gasteiger partial charge in [0.05, 0.1) is 0 Å². The average Bonchev–Trinajstić information content (AvgIpc) is 2.87. The summed E-state index contributed by atoms with van der Waals surface area (Å²) in [6.45, 7) is 1.17. The first-order chi connectivity index (χ1) is 9.33. The van der Waals surface area contributed by atoms with Gasteiger partial charge in [0.15, 0.2) is 0 Å². The third-order valence-corrected chi connectivity index (χ3v) is 3.63. The summed E-state index contributed by atoms with van der Waals surface area (Å²) < 4.78 is 5.70. The van der Waals surface area contributed by atoms with E-state index in [0.717, 1.165) is 5.75 Å². The summed E-state index contributed by atoms with van der Waals surface area (Å²) >= 11 is 0. The van der Waals surface area contributed by atoms with Crippen LogP contribution in [0.4, 0.5) is 0 Å². The Balaban J connectivity index is 1.72. The molecule has 19 heavy (non-hydrogen) atoms. The number of hydrogen-bond donors (Lipinski definition) is 0. The maximum atomic E-state index is 5.70. The Hall–Kier alpha value is -1.87. The second-order valence-corrected chi connectivity index (χ2v) is 4.98. The molecule has 0 aliphatic carbocycles. The second kappa shape index (κ2) is 5.41. The summed E-state index contributed by atoms with van der Waals surface area (Å²) in [4.78, 5) is 6.79. The molecule has 0 spiro atoms. The van der Waals surface area contributed by atoms with Gasteiger partial charge in [-0.1, -0.05) is 24.3 Å². The third kappa shape index (κ3) is 2.76. The largest absolute Gasteiger partial charge is 0.439 e. The van der Waals surface area contributed by atoms with E-state index < -0.39 is 0 Å². The van der Waals surface area contributed by atoms with Crippen LogP contribution in [0.15, 0.2) is 48.7 Å². The molecule has 1 aliphatic heterocycles. The fourth-order valence-electron chi connectivity index (χ4n) is 2.59. The predicted molar refractivity (Wildman–Crippen MR) is 75.4 cm³/mol. The zero-order chi connectivity index (χ0) is 13.1. The number of nitrogens with zero attached hydrogens (tertiary/aromatic N) is 2. The number of aromatic nitrogens is 1. The van der Waals surface area contributed by atoms with E-state index >= 15 is 0 Å². The Morgan fingerprint density at radius 2 is 2.00 bits per heavy atom. The van der Waals surface area contributed by atoms with E-state index in [1.54, 1.807) is 0 Å². The van der Waals surface area contributed by atoms with Crippen LogP contribution in [0.2, 0.25) is 0 Å². The number of benzene rings is 1. The lowest BCUT2D eigenvalue weighted by molar-refractivity contribution is 0.316. The van der Waals surface area contributed by atoms with Crippen molar-refractivity contribution in [2.45, 2.75) is 18.9 Å². The summed E-state index contributed by atoms with van der Waals surface area (Å²) in [5.74, 6) is 1.47. The summed E-state index contributed by atoms with van der Waals surface area (Å²) in [6, 6.07) is 14.3. The van der Waals surface area contributed by atoms with Gasteiger partial charge in [-0.2, -0.15) is 0 Å². The first-order valence-electron chi connectivity index (χ1n) is 6.72. The zero-order valence-electron chi connectivity index (χ0n) is 11.1. The van der Waals surface area contributed by atoms with Gasteiger partial charge in [-0.05, 0) is 44.1 Å². The second-order valence-electron chi connectivity index (χ2n) is 4.98. The van der Waals surface area contributed by atoms with Gasteiger partial charge in [-0.15, -0.1) is 0 Å². The lowest BCUT2D eigenvalue weighted by Gasteiger charge is -2.19. The van der Waals surface area contributed by atoms with E-state index in [9.17, 15) is 0 Å². The van der Waals surface area contributed by atoms with E-state index in [1.165, 1.54) is 24.9 Å². The molecule has 0 radical (unpaired) electrons. The molecular formula is C16H18N2O. The van der Waals surface area contributed by atoms with E-state index in [-0.39, 0.29) is 0 Å². The van der Waals surface area contributed by atoms with E-state index in [2.05, 4.69) is 23.0 Å². The highest BCUT2D eigenvalue weighted by atomic mass is 16.5. The minimum absolute atomic E-state index is 0.512. The molecule has 1 fully saturated rings. The third-order valence-electron chi connectivity index (χ3n) is 3.63. The van der Waals surface area contributed by atoms with Crippen LogP contribution < -0.4 is 4.74 Å². The molecule has 0 unspecified atom stereocenters. The van der Waals surface area contributed by atoms with E-state index in [0.29, 0.717) is 11.9 Å². The molecule has 1 atom stereocenters. The average molecular weight is 254 g/mol. The van der Waals surface area contributed by atoms with Crippen molar-refractivity contribution in [3.63, 3.8) is 0 Å². The van der Waals surface area contributed by atoms with Crippen LogP contribution in [0.5, 0.6) is 11.6 Å². The highest BCUT2D eigenvalue weighted by Gasteiger charge is 2.22. The fourth-order valence-corrected chi connectivity index (χ4v) is 2.59. The van der Waals surface area contributed by atoms with Gasteiger partial charge in [0.1, 0.15) is 5.75 Å². The van der Waals surface area contributed by atoms with Gasteiger partial charge < -0.3 is 4.74 Å². The minimum atomic E-state index is 0.512. The van der Waals surface area contributed by atoms with E-state index in [4.69, 9.17) is 4.74 Å². The van der Waals surface area contributed by atoms with Crippen molar-refractivity contribution in [1.82, 2.24) is 9.88 Å². The van der Waals surface area contributed by atoms with Crippen LogP contribution in [-0.2, 0) is 0 Å². The molecule has 1 aromatic heterocycles. The van der Waals surface area contributed by atoms with Crippen molar-refractivity contribution < 1.29 is 4.74 Å². The van der Waals surface area contributed by atoms with Gasteiger partial charge in [0.2, 0.25) is 5.88 Å². The number of ether oxygens (including phenoxy) is 1. The van der Waals surface area contributed by atoms with Crippen molar-refractivity contribution in [2.24, 2.45) is 0 Å². The lowest BCUT2D eigenvalue weighted by atomic mass is 10.1. The molecule has 3 rings (SSSR count). The van der Waals surface area contributed by atoms with Crippen molar-refractivity contribution in [3.05, 3.63) is 54.2 Å². The predicted octanol–water partition coefficient (Wildman–Crippen LogP) is 3.64. The molecule has 3 heteroatoms. The van der Waals surface area contributed by atoms with Crippen LogP contribution >= 0.6 is 0 Å². The van der Waals surface area contributed by atoms with Gasteiger partial charge in [-0.3, -0.25) is 4.90 Å². The number of para-hydroxylation sites is 1. The van der Waals surface area contributed by atoms with Gasteiger partial charge >= 0.3 is 0 Å². The van der Waals surface area contributed by atoms with Gasteiger partial charge in [0, 0.05) is 18.3 Å². The lowest BCUT2D eigenvalue weighted by Crippen LogP contribution is -2.17. The van der Waals surface area contributed by atoms with Crippen LogP contribution in [0, 0.1) is 0 Å². The van der Waals surface area contributed by atoms with Gasteiger partial charge in [0.25, 0.3) is 0 Å². The van der Waals surface area contributed by atoms with E-state index in [1.807, 2.05) is 42.6 Å². The molecule has 1 aliphatic rings. The van der Waals surface area contributed by atoms with Crippen molar-refractivity contribution in [3.8, 4) is 11.6 Å². The first kappa shape index (κ1) is 12.2. The Morgan fingerprint density at radius 1 is 1.16 bits per heavy atom. The molecule has 0 saturated carbocycles. The maximum absolute atomic E-state index is 5.70. The summed E-state index contributed by atoms with van der Waals surface area (Å²) in [7, 11) is 2.17. The number of pyridine rings is 1. The summed E-state index contributed by atoms with van der Waals surface area (Å²) in [6.07, 6.45) is 4.42. The van der Waals surface area contributed by atoms with Crippen molar-refractivity contribution in [2.75, 3.05) is 13.6 Å². The fraction of sp³-hybridized carbons (Fsp3) is 0.312. The molecule has 1 saturated heterocycles. The Labute approximate surface area is 113 Å². The number of hydrogen-bond acceptors (Lipinski definition) is 3. The molecule has 3 nitrogen and oxygen atoms in total. The van der Waals surface area contributed by atoms with Crippen molar-refractivity contribution >= 4 is 0 Å². The minimum Gasteiger partial charge on any atom is -0.439 e. The Kier molecular flexibility index (Phi) is 3.47. The highest BCUT2D eigenvalue weighted by molar-refractivity contribution is 5.28. The summed E-state index contributed by atoms with van der Waals surface area (Å²) in [5, 5.41) is 0. The topological polar surface area (TPSA) is 25.4 Å². The zero-order valence-corrected chi connectivity index (χ0v) is 11.1. The smallest absolute Gasteiger partial charge is 0.219 e. The first-order valence-corrected chi connectivity index (χ1v) is 6.72. The molecule has 98 valence electrons. The van der Waals surface area contributed by atoms with Crippen LogP contribution in [0.3, 0.4) is 0 Å². The molecular weight excluding hydrogens is 236 g/mol. The molecule has 0 amide bonds. The molecule has 2 heterocycles. The molecule has 1 aromatic carbocycles. The molecule has 0 bridgehead atoms. The quantitative estimate of drug-likeness (QED) is 0.836. The number of likely N-dealkylation sites (tertiary alicyclic amines) is 1. The van der Waals surface area contributed by atoms with Crippen LogP contribution in [-0.4, -0.2) is 23.5 Å². The maximum Gasteiger partial charge on any atom is 0.219 e. The monoisotopic (exact) mass is 254 g/mol. The summed E-state index contributed by atoms with van der Waals surface area (Å²) in [5.41, 5.74) is 1.28. The Morgan fingerprint density at radius 3 is 2.63 bits per heavy atom. The normalized spacial score (nSPS) is 19.5. The number of rotatable bonds is 3. The van der Waals surface area contributed by atoms with Crippen LogP contribution in [0.1, 0.15) is 24.4 Å².